The lowest BCUT2D eigenvalue weighted by atomic mass is 9.80. The number of halogens is 1. The van der Waals surface area contributed by atoms with Crippen LogP contribution in [0.2, 0.25) is 5.02 Å². The summed E-state index contributed by atoms with van der Waals surface area (Å²) in [6.07, 6.45) is 4.62. The zero-order chi connectivity index (χ0) is 18.1. The van der Waals surface area contributed by atoms with Crippen LogP contribution >= 0.6 is 11.6 Å². The second kappa shape index (κ2) is 6.63. The summed E-state index contributed by atoms with van der Waals surface area (Å²) in [5, 5.41) is 0.793. The fourth-order valence-electron chi connectivity index (χ4n) is 3.65. The molecule has 0 unspecified atom stereocenters. The van der Waals surface area contributed by atoms with E-state index in [0.717, 1.165) is 5.02 Å². The smallest absolute Gasteiger partial charge is 0.0409 e. The second-order valence-corrected chi connectivity index (χ2v) is 7.68. The minimum absolute atomic E-state index is 0.0744. The van der Waals surface area contributed by atoms with Crippen LogP contribution in [0.5, 0.6) is 0 Å². The molecule has 0 nitrogen and oxygen atoms in total. The maximum absolute atomic E-state index is 6.26. The molecule has 0 radical (unpaired) electrons. The molecule has 0 aromatic heterocycles. The highest BCUT2D eigenvalue weighted by molar-refractivity contribution is 6.30. The van der Waals surface area contributed by atoms with Crippen molar-refractivity contribution in [3.8, 4) is 0 Å². The van der Waals surface area contributed by atoms with Gasteiger partial charge in [0, 0.05) is 10.4 Å². The van der Waals surface area contributed by atoms with E-state index in [2.05, 4.69) is 98.8 Å². The van der Waals surface area contributed by atoms with Crippen molar-refractivity contribution in [1.29, 1.82) is 0 Å². The fraction of sp³-hybridized carbons (Fsp3) is 0.120. The van der Waals surface area contributed by atoms with Crippen molar-refractivity contribution in [2.45, 2.75) is 19.3 Å². The standard InChI is InChI=1S/C25H21Cl/c1-25(2)21(15-20-13-14-22(26)17-24(20)25)16-23(18-9-5-3-6-10-18)19-11-7-4-8-12-19/h3-17H,1-2H3. The molecule has 0 spiro atoms. The summed E-state index contributed by atoms with van der Waals surface area (Å²) in [6.45, 7) is 4.54. The van der Waals surface area contributed by atoms with Gasteiger partial charge in [-0.2, -0.15) is 0 Å². The first-order chi connectivity index (χ1) is 12.6. The van der Waals surface area contributed by atoms with E-state index in [1.807, 2.05) is 6.07 Å². The molecule has 128 valence electrons. The highest BCUT2D eigenvalue weighted by Crippen LogP contribution is 2.44. The van der Waals surface area contributed by atoms with Crippen LogP contribution in [-0.4, -0.2) is 0 Å². The summed E-state index contributed by atoms with van der Waals surface area (Å²) in [5.74, 6) is 0. The molecule has 0 atom stereocenters. The summed E-state index contributed by atoms with van der Waals surface area (Å²) >= 11 is 6.26. The molecule has 3 aromatic carbocycles. The average molecular weight is 357 g/mol. The van der Waals surface area contributed by atoms with Gasteiger partial charge in [0.1, 0.15) is 0 Å². The van der Waals surface area contributed by atoms with E-state index >= 15 is 0 Å². The molecule has 1 heteroatoms. The van der Waals surface area contributed by atoms with Gasteiger partial charge in [0.05, 0.1) is 0 Å². The van der Waals surface area contributed by atoms with Crippen molar-refractivity contribution in [2.75, 3.05) is 0 Å². The van der Waals surface area contributed by atoms with E-state index < -0.39 is 0 Å². The minimum Gasteiger partial charge on any atom is -0.0843 e. The lowest BCUT2D eigenvalue weighted by molar-refractivity contribution is 0.655. The molecule has 0 N–H and O–H groups in total. The number of benzene rings is 3. The van der Waals surface area contributed by atoms with Crippen molar-refractivity contribution in [3.05, 3.63) is 118 Å². The van der Waals surface area contributed by atoms with Crippen LogP contribution in [0.15, 0.2) is 90.5 Å². The maximum Gasteiger partial charge on any atom is 0.0409 e. The third-order valence-electron chi connectivity index (χ3n) is 5.19. The highest BCUT2D eigenvalue weighted by Gasteiger charge is 2.32. The molecular formula is C25H21Cl. The summed E-state index contributed by atoms with van der Waals surface area (Å²) in [6, 6.07) is 27.4. The molecule has 0 fully saturated rings. The number of fused-ring (bicyclic) bond motifs is 1. The zero-order valence-corrected chi connectivity index (χ0v) is 15.8. The van der Waals surface area contributed by atoms with Crippen LogP contribution in [0.3, 0.4) is 0 Å². The first-order valence-electron chi connectivity index (χ1n) is 8.90. The Balaban J connectivity index is 1.86. The van der Waals surface area contributed by atoms with Gasteiger partial charge in [-0.25, -0.2) is 0 Å². The molecule has 0 amide bonds. The molecule has 0 aliphatic heterocycles. The van der Waals surface area contributed by atoms with E-state index in [1.165, 1.54) is 33.4 Å². The fourth-order valence-corrected chi connectivity index (χ4v) is 3.82. The lowest BCUT2D eigenvalue weighted by Crippen LogP contribution is -2.16. The van der Waals surface area contributed by atoms with E-state index in [4.69, 9.17) is 11.6 Å². The van der Waals surface area contributed by atoms with Gasteiger partial charge in [0.25, 0.3) is 0 Å². The Hall–Kier alpha value is -2.57. The Labute approximate surface area is 160 Å². The normalized spacial score (nSPS) is 14.5. The Morgan fingerprint density at radius 1 is 0.808 bits per heavy atom. The zero-order valence-electron chi connectivity index (χ0n) is 15.0. The summed E-state index contributed by atoms with van der Waals surface area (Å²) in [7, 11) is 0. The van der Waals surface area contributed by atoms with Gasteiger partial charge in [-0.1, -0.05) is 98.3 Å². The summed E-state index contributed by atoms with van der Waals surface area (Å²) in [5.41, 5.74) is 7.47. The quantitative estimate of drug-likeness (QED) is 0.467. The lowest BCUT2D eigenvalue weighted by Gasteiger charge is -2.24. The molecule has 1 aliphatic rings. The van der Waals surface area contributed by atoms with Gasteiger partial charge in [-0.3, -0.25) is 0 Å². The van der Waals surface area contributed by atoms with Crippen LogP contribution in [0.4, 0.5) is 0 Å². The predicted octanol–water partition coefficient (Wildman–Crippen LogP) is 7.15. The van der Waals surface area contributed by atoms with Crippen LogP contribution in [0.1, 0.15) is 36.1 Å². The van der Waals surface area contributed by atoms with Gasteiger partial charge in [0.2, 0.25) is 0 Å². The van der Waals surface area contributed by atoms with Crippen molar-refractivity contribution in [2.24, 2.45) is 0 Å². The number of rotatable bonds is 3. The van der Waals surface area contributed by atoms with Gasteiger partial charge >= 0.3 is 0 Å². The Kier molecular flexibility index (Phi) is 4.30. The van der Waals surface area contributed by atoms with Crippen molar-refractivity contribution >= 4 is 23.3 Å². The number of allylic oxidation sites excluding steroid dienone is 2. The Morgan fingerprint density at radius 2 is 1.38 bits per heavy atom. The van der Waals surface area contributed by atoms with E-state index in [-0.39, 0.29) is 5.41 Å². The Morgan fingerprint density at radius 3 is 1.96 bits per heavy atom. The topological polar surface area (TPSA) is 0 Å². The van der Waals surface area contributed by atoms with E-state index in [1.54, 1.807) is 0 Å². The second-order valence-electron chi connectivity index (χ2n) is 7.25. The molecule has 0 saturated heterocycles. The van der Waals surface area contributed by atoms with Crippen molar-refractivity contribution in [1.82, 2.24) is 0 Å². The largest absolute Gasteiger partial charge is 0.0843 e. The molecule has 0 saturated carbocycles. The third kappa shape index (κ3) is 3.02. The van der Waals surface area contributed by atoms with Crippen molar-refractivity contribution < 1.29 is 0 Å². The predicted molar refractivity (Wildman–Crippen MR) is 112 cm³/mol. The molecule has 0 heterocycles. The molecule has 0 bridgehead atoms. The molecule has 3 aromatic rings. The average Bonchev–Trinajstić information content (AvgIpc) is 2.91. The van der Waals surface area contributed by atoms with Crippen LogP contribution in [0.25, 0.3) is 11.6 Å². The molecule has 26 heavy (non-hydrogen) atoms. The van der Waals surface area contributed by atoms with Gasteiger partial charge < -0.3 is 0 Å². The van der Waals surface area contributed by atoms with Crippen molar-refractivity contribution in [3.63, 3.8) is 0 Å². The molecular weight excluding hydrogens is 336 g/mol. The molecule has 1 aliphatic carbocycles. The van der Waals surface area contributed by atoms with Crippen LogP contribution in [0, 0.1) is 0 Å². The monoisotopic (exact) mass is 356 g/mol. The minimum atomic E-state index is -0.0744. The van der Waals surface area contributed by atoms with Gasteiger partial charge in [0.15, 0.2) is 0 Å². The van der Waals surface area contributed by atoms with E-state index in [0.29, 0.717) is 0 Å². The Bertz CT molecular complexity index is 951. The number of hydrogen-bond acceptors (Lipinski definition) is 0. The van der Waals surface area contributed by atoms with E-state index in [9.17, 15) is 0 Å². The maximum atomic E-state index is 6.26. The summed E-state index contributed by atoms with van der Waals surface area (Å²) in [4.78, 5) is 0. The first kappa shape index (κ1) is 16.9. The number of hydrogen-bond donors (Lipinski definition) is 0. The highest BCUT2D eigenvalue weighted by atomic mass is 35.5. The third-order valence-corrected chi connectivity index (χ3v) is 5.43. The van der Waals surface area contributed by atoms with Gasteiger partial charge in [-0.15, -0.1) is 0 Å². The van der Waals surface area contributed by atoms with Crippen LogP contribution in [-0.2, 0) is 5.41 Å². The first-order valence-corrected chi connectivity index (χ1v) is 9.28. The SMILES string of the molecule is CC1(C)C(C=C(c2ccccc2)c2ccccc2)=Cc2ccc(Cl)cc21. The van der Waals surface area contributed by atoms with Crippen LogP contribution < -0.4 is 0 Å². The molecule has 4 rings (SSSR count). The summed E-state index contributed by atoms with van der Waals surface area (Å²) < 4.78 is 0. The van der Waals surface area contributed by atoms with Gasteiger partial charge in [-0.05, 0) is 51.6 Å².